The molecule has 0 aromatic carbocycles. The summed E-state index contributed by atoms with van der Waals surface area (Å²) < 4.78 is 27.6. The summed E-state index contributed by atoms with van der Waals surface area (Å²) >= 11 is 0. The molecule has 1 heterocycles. The third-order valence-corrected chi connectivity index (χ3v) is 3.67. The summed E-state index contributed by atoms with van der Waals surface area (Å²) in [4.78, 5) is 0. The molecule has 0 bridgehead atoms. The SMILES string of the molecule is CC(C)(C)CCCOC1C=CS(=O)(=O)C1. The molecule has 88 valence electrons. The quantitative estimate of drug-likeness (QED) is 0.697. The average molecular weight is 232 g/mol. The first-order chi connectivity index (χ1) is 6.79. The number of sulfone groups is 1. The predicted molar refractivity (Wildman–Crippen MR) is 61.4 cm³/mol. The Hall–Kier alpha value is -0.350. The van der Waals surface area contributed by atoms with Crippen molar-refractivity contribution in [3.63, 3.8) is 0 Å². The Balaban J connectivity index is 2.16. The van der Waals surface area contributed by atoms with Gasteiger partial charge in [-0.3, -0.25) is 0 Å². The Bertz CT molecular complexity index is 322. The highest BCUT2D eigenvalue weighted by molar-refractivity contribution is 7.94. The molecule has 4 heteroatoms. The fraction of sp³-hybridized carbons (Fsp3) is 0.818. The predicted octanol–water partition coefficient (Wildman–Crippen LogP) is 2.14. The molecule has 0 N–H and O–H groups in total. The van der Waals surface area contributed by atoms with Crippen LogP contribution in [0.3, 0.4) is 0 Å². The highest BCUT2D eigenvalue weighted by atomic mass is 32.2. The van der Waals surface area contributed by atoms with Crippen LogP contribution < -0.4 is 0 Å². The molecule has 0 amide bonds. The van der Waals surface area contributed by atoms with Crippen LogP contribution in [0.2, 0.25) is 0 Å². The summed E-state index contributed by atoms with van der Waals surface area (Å²) in [6, 6.07) is 0. The number of ether oxygens (including phenoxy) is 1. The molecule has 15 heavy (non-hydrogen) atoms. The summed E-state index contributed by atoms with van der Waals surface area (Å²) in [6.07, 6.45) is 3.48. The smallest absolute Gasteiger partial charge is 0.174 e. The molecule has 0 aliphatic carbocycles. The van der Waals surface area contributed by atoms with E-state index in [0.29, 0.717) is 12.0 Å². The summed E-state index contributed by atoms with van der Waals surface area (Å²) in [7, 11) is -2.97. The lowest BCUT2D eigenvalue weighted by Crippen LogP contribution is -2.16. The van der Waals surface area contributed by atoms with Gasteiger partial charge in [0, 0.05) is 12.0 Å². The first kappa shape index (κ1) is 12.7. The van der Waals surface area contributed by atoms with Crippen molar-refractivity contribution < 1.29 is 13.2 Å². The molecule has 1 aliphatic rings. The van der Waals surface area contributed by atoms with Crippen LogP contribution in [-0.2, 0) is 14.6 Å². The number of hydrogen-bond acceptors (Lipinski definition) is 3. The Morgan fingerprint density at radius 1 is 1.40 bits per heavy atom. The van der Waals surface area contributed by atoms with E-state index in [1.54, 1.807) is 6.08 Å². The van der Waals surface area contributed by atoms with E-state index < -0.39 is 9.84 Å². The van der Waals surface area contributed by atoms with Gasteiger partial charge in [-0.05, 0) is 24.3 Å². The van der Waals surface area contributed by atoms with E-state index in [1.807, 2.05) is 0 Å². The van der Waals surface area contributed by atoms with Gasteiger partial charge >= 0.3 is 0 Å². The molecule has 1 atom stereocenters. The van der Waals surface area contributed by atoms with E-state index in [-0.39, 0.29) is 11.9 Å². The second-order valence-corrected chi connectivity index (χ2v) is 7.16. The minimum atomic E-state index is -2.97. The van der Waals surface area contributed by atoms with E-state index in [4.69, 9.17) is 4.74 Å². The van der Waals surface area contributed by atoms with Crippen molar-refractivity contribution in [1.82, 2.24) is 0 Å². The first-order valence-corrected chi connectivity index (χ1v) is 7.03. The van der Waals surface area contributed by atoms with E-state index in [1.165, 1.54) is 5.41 Å². The molecular weight excluding hydrogens is 212 g/mol. The lowest BCUT2D eigenvalue weighted by molar-refractivity contribution is 0.0917. The lowest BCUT2D eigenvalue weighted by Gasteiger charge is -2.18. The maximum absolute atomic E-state index is 11.1. The van der Waals surface area contributed by atoms with Crippen LogP contribution in [0.1, 0.15) is 33.6 Å². The Labute approximate surface area is 92.4 Å². The maximum Gasteiger partial charge on any atom is 0.174 e. The van der Waals surface area contributed by atoms with Gasteiger partial charge in [-0.25, -0.2) is 8.42 Å². The van der Waals surface area contributed by atoms with Gasteiger partial charge in [-0.1, -0.05) is 20.8 Å². The average Bonchev–Trinajstić information content (AvgIpc) is 2.38. The minimum absolute atomic E-state index is 0.114. The monoisotopic (exact) mass is 232 g/mol. The van der Waals surface area contributed by atoms with Crippen molar-refractivity contribution in [3.05, 3.63) is 11.5 Å². The van der Waals surface area contributed by atoms with Gasteiger partial charge in [0.15, 0.2) is 9.84 Å². The minimum Gasteiger partial charge on any atom is -0.373 e. The zero-order valence-corrected chi connectivity index (χ0v) is 10.5. The van der Waals surface area contributed by atoms with Gasteiger partial charge in [0.1, 0.15) is 0 Å². The van der Waals surface area contributed by atoms with Crippen LogP contribution in [0.25, 0.3) is 0 Å². The molecule has 0 fully saturated rings. The molecule has 0 saturated heterocycles. The van der Waals surface area contributed by atoms with E-state index >= 15 is 0 Å². The van der Waals surface area contributed by atoms with Crippen molar-refractivity contribution in [2.75, 3.05) is 12.4 Å². The highest BCUT2D eigenvalue weighted by Crippen LogP contribution is 2.21. The molecule has 0 spiro atoms. The summed E-state index contributed by atoms with van der Waals surface area (Å²) in [6.45, 7) is 7.20. The third-order valence-electron chi connectivity index (χ3n) is 2.30. The molecule has 0 radical (unpaired) electrons. The van der Waals surface area contributed by atoms with Crippen molar-refractivity contribution in [2.45, 2.75) is 39.7 Å². The molecular formula is C11H20O3S. The van der Waals surface area contributed by atoms with Gasteiger partial charge < -0.3 is 4.74 Å². The number of hydrogen-bond donors (Lipinski definition) is 0. The second kappa shape index (κ2) is 4.66. The topological polar surface area (TPSA) is 43.4 Å². The molecule has 1 rings (SSSR count). The second-order valence-electron chi connectivity index (χ2n) is 5.23. The summed E-state index contributed by atoms with van der Waals surface area (Å²) in [5.41, 5.74) is 0.320. The molecule has 0 aromatic heterocycles. The zero-order chi connectivity index (χ0) is 11.5. The van der Waals surface area contributed by atoms with Crippen LogP contribution in [0.5, 0.6) is 0 Å². The molecule has 0 saturated carbocycles. The van der Waals surface area contributed by atoms with Crippen LogP contribution in [-0.4, -0.2) is 26.9 Å². The Morgan fingerprint density at radius 2 is 2.07 bits per heavy atom. The van der Waals surface area contributed by atoms with E-state index in [0.717, 1.165) is 12.8 Å². The zero-order valence-electron chi connectivity index (χ0n) is 9.69. The largest absolute Gasteiger partial charge is 0.373 e. The van der Waals surface area contributed by atoms with Crippen LogP contribution >= 0.6 is 0 Å². The van der Waals surface area contributed by atoms with Gasteiger partial charge in [0.2, 0.25) is 0 Å². The standard InChI is InChI=1S/C11H20O3S/c1-11(2,3)6-4-7-14-10-5-8-15(12,13)9-10/h5,8,10H,4,6-7,9H2,1-3H3. The maximum atomic E-state index is 11.1. The van der Waals surface area contributed by atoms with Crippen LogP contribution in [0.4, 0.5) is 0 Å². The summed E-state index contributed by atoms with van der Waals surface area (Å²) in [5.74, 6) is 0.114. The van der Waals surface area contributed by atoms with Crippen molar-refractivity contribution in [1.29, 1.82) is 0 Å². The Kier molecular flexibility index (Phi) is 3.95. The van der Waals surface area contributed by atoms with Crippen LogP contribution in [0, 0.1) is 5.41 Å². The molecule has 0 aromatic rings. The van der Waals surface area contributed by atoms with Crippen molar-refractivity contribution >= 4 is 9.84 Å². The van der Waals surface area contributed by atoms with Gasteiger partial charge in [0.25, 0.3) is 0 Å². The number of rotatable bonds is 4. The normalized spacial score (nSPS) is 24.6. The molecule has 1 aliphatic heterocycles. The van der Waals surface area contributed by atoms with Crippen molar-refractivity contribution in [2.24, 2.45) is 5.41 Å². The third kappa shape index (κ3) is 5.33. The van der Waals surface area contributed by atoms with Crippen molar-refractivity contribution in [3.8, 4) is 0 Å². The van der Waals surface area contributed by atoms with Crippen LogP contribution in [0.15, 0.2) is 11.5 Å². The Morgan fingerprint density at radius 3 is 2.53 bits per heavy atom. The van der Waals surface area contributed by atoms with Gasteiger partial charge in [-0.2, -0.15) is 0 Å². The molecule has 1 unspecified atom stereocenters. The van der Waals surface area contributed by atoms with Gasteiger partial charge in [-0.15, -0.1) is 0 Å². The summed E-state index contributed by atoms with van der Waals surface area (Å²) in [5, 5.41) is 1.25. The molecule has 3 nitrogen and oxygen atoms in total. The van der Waals surface area contributed by atoms with E-state index in [9.17, 15) is 8.42 Å². The van der Waals surface area contributed by atoms with E-state index in [2.05, 4.69) is 20.8 Å². The fourth-order valence-corrected chi connectivity index (χ4v) is 2.68. The lowest BCUT2D eigenvalue weighted by atomic mass is 9.91. The fourth-order valence-electron chi connectivity index (χ4n) is 1.49. The van der Waals surface area contributed by atoms with Gasteiger partial charge in [0.05, 0.1) is 11.9 Å². The highest BCUT2D eigenvalue weighted by Gasteiger charge is 2.22. The first-order valence-electron chi connectivity index (χ1n) is 5.31.